The van der Waals surface area contributed by atoms with Crippen LogP contribution in [-0.4, -0.2) is 21.0 Å². The van der Waals surface area contributed by atoms with Crippen LogP contribution >= 0.6 is 0 Å². The normalized spacial score (nSPS) is 10.5. The fourth-order valence-corrected chi connectivity index (χ4v) is 2.83. The second-order valence-electron chi connectivity index (χ2n) is 6.41. The van der Waals surface area contributed by atoms with Gasteiger partial charge in [-0.15, -0.1) is 0 Å². The Morgan fingerprint density at radius 3 is 2.41 bits per heavy atom. The Balaban J connectivity index is 1.79. The van der Waals surface area contributed by atoms with Crippen LogP contribution in [-0.2, 0) is 4.79 Å². The van der Waals surface area contributed by atoms with Crippen molar-refractivity contribution in [1.29, 1.82) is 5.26 Å². The van der Waals surface area contributed by atoms with Crippen LogP contribution in [0, 0.1) is 25.2 Å². The van der Waals surface area contributed by atoms with Crippen LogP contribution in [0.2, 0.25) is 0 Å². The molecule has 0 bridgehead atoms. The van der Waals surface area contributed by atoms with E-state index in [0.717, 1.165) is 34.1 Å². The van der Waals surface area contributed by atoms with Crippen molar-refractivity contribution in [2.45, 2.75) is 13.8 Å². The standard InChI is InChI=1S/C22H19N5O2/c1-14-11-17(5-8-20(28)29)12-15(2)21(14)26-19-9-10-24-22(27-19)25-18-6-3-16(13-23)4-7-18/h3-12H,1-2H3,(H,28,29)(H2,24,25,26,27)/b8-5+. The molecule has 3 N–H and O–H groups in total. The highest BCUT2D eigenvalue weighted by Crippen LogP contribution is 2.26. The molecule has 0 aliphatic rings. The summed E-state index contributed by atoms with van der Waals surface area (Å²) in [6.07, 6.45) is 4.33. The third-order valence-corrected chi connectivity index (χ3v) is 4.15. The predicted octanol–water partition coefficient (Wildman–Crippen LogP) is 4.55. The quantitative estimate of drug-likeness (QED) is 0.534. The first-order valence-electron chi connectivity index (χ1n) is 8.84. The molecule has 0 spiro atoms. The molecule has 0 aliphatic heterocycles. The number of carboxylic acid groups (broad SMARTS) is 1. The van der Waals surface area contributed by atoms with E-state index in [1.54, 1.807) is 42.6 Å². The second-order valence-corrected chi connectivity index (χ2v) is 6.41. The topological polar surface area (TPSA) is 111 Å². The molecule has 2 aromatic carbocycles. The molecule has 3 aromatic rings. The highest BCUT2D eigenvalue weighted by atomic mass is 16.4. The minimum absolute atomic E-state index is 0.427. The maximum absolute atomic E-state index is 10.7. The van der Waals surface area contributed by atoms with Crippen LogP contribution in [0.25, 0.3) is 6.08 Å². The molecule has 3 rings (SSSR count). The van der Waals surface area contributed by atoms with Crippen molar-refractivity contribution in [2.24, 2.45) is 0 Å². The van der Waals surface area contributed by atoms with Crippen molar-refractivity contribution in [3.63, 3.8) is 0 Å². The van der Waals surface area contributed by atoms with Crippen molar-refractivity contribution in [3.8, 4) is 6.07 Å². The van der Waals surface area contributed by atoms with E-state index in [2.05, 4.69) is 26.7 Å². The Labute approximate surface area is 168 Å². The van der Waals surface area contributed by atoms with E-state index in [1.807, 2.05) is 26.0 Å². The summed E-state index contributed by atoms with van der Waals surface area (Å²) < 4.78 is 0. The fourth-order valence-electron chi connectivity index (χ4n) is 2.83. The van der Waals surface area contributed by atoms with Gasteiger partial charge in [0, 0.05) is 23.6 Å². The number of nitrogens with zero attached hydrogens (tertiary/aromatic N) is 3. The lowest BCUT2D eigenvalue weighted by molar-refractivity contribution is -0.131. The minimum atomic E-state index is -0.981. The number of benzene rings is 2. The van der Waals surface area contributed by atoms with Gasteiger partial charge in [-0.25, -0.2) is 9.78 Å². The summed E-state index contributed by atoms with van der Waals surface area (Å²) in [5.74, 6) is 0.0676. The van der Waals surface area contributed by atoms with E-state index >= 15 is 0 Å². The molecule has 0 saturated carbocycles. The average Bonchev–Trinajstić information content (AvgIpc) is 2.70. The van der Waals surface area contributed by atoms with Gasteiger partial charge in [0.1, 0.15) is 5.82 Å². The lowest BCUT2D eigenvalue weighted by Crippen LogP contribution is -2.02. The zero-order valence-electron chi connectivity index (χ0n) is 16.0. The van der Waals surface area contributed by atoms with Crippen LogP contribution in [0.5, 0.6) is 0 Å². The zero-order chi connectivity index (χ0) is 20.8. The molecule has 0 atom stereocenters. The SMILES string of the molecule is Cc1cc(/C=C/C(=O)O)cc(C)c1Nc1ccnc(Nc2ccc(C#N)cc2)n1. The second kappa shape index (κ2) is 8.67. The van der Waals surface area contributed by atoms with Gasteiger partial charge in [0.15, 0.2) is 0 Å². The number of carbonyl (C=O) groups is 1. The van der Waals surface area contributed by atoms with Crippen molar-refractivity contribution in [2.75, 3.05) is 10.6 Å². The predicted molar refractivity (Wildman–Crippen MR) is 112 cm³/mol. The highest BCUT2D eigenvalue weighted by molar-refractivity contribution is 5.85. The number of aryl methyl sites for hydroxylation is 2. The molecule has 7 nitrogen and oxygen atoms in total. The summed E-state index contributed by atoms with van der Waals surface area (Å²) in [6, 6.07) is 14.7. The third-order valence-electron chi connectivity index (χ3n) is 4.15. The molecule has 0 fully saturated rings. The first kappa shape index (κ1) is 19.6. The fraction of sp³-hybridized carbons (Fsp3) is 0.0909. The van der Waals surface area contributed by atoms with Gasteiger partial charge in [-0.3, -0.25) is 0 Å². The number of carboxylic acids is 1. The van der Waals surface area contributed by atoms with Gasteiger partial charge in [0.25, 0.3) is 0 Å². The van der Waals surface area contributed by atoms with E-state index in [-0.39, 0.29) is 0 Å². The molecule has 1 heterocycles. The summed E-state index contributed by atoms with van der Waals surface area (Å²) >= 11 is 0. The first-order valence-corrected chi connectivity index (χ1v) is 8.84. The van der Waals surface area contributed by atoms with Gasteiger partial charge in [-0.1, -0.05) is 0 Å². The summed E-state index contributed by atoms with van der Waals surface area (Å²) in [4.78, 5) is 19.4. The number of rotatable bonds is 6. The van der Waals surface area contributed by atoms with Gasteiger partial charge >= 0.3 is 5.97 Å². The van der Waals surface area contributed by atoms with Crippen molar-refractivity contribution >= 4 is 35.2 Å². The van der Waals surface area contributed by atoms with E-state index in [9.17, 15) is 4.79 Å². The van der Waals surface area contributed by atoms with Gasteiger partial charge in [0.2, 0.25) is 5.95 Å². The summed E-state index contributed by atoms with van der Waals surface area (Å²) in [5.41, 5.74) is 5.02. The number of aliphatic carboxylic acids is 1. The van der Waals surface area contributed by atoms with Crippen molar-refractivity contribution < 1.29 is 9.90 Å². The largest absolute Gasteiger partial charge is 0.478 e. The monoisotopic (exact) mass is 385 g/mol. The number of aromatic nitrogens is 2. The zero-order valence-corrected chi connectivity index (χ0v) is 16.0. The third kappa shape index (κ3) is 5.17. The number of hydrogen-bond acceptors (Lipinski definition) is 6. The molecule has 7 heteroatoms. The Morgan fingerprint density at radius 1 is 1.10 bits per heavy atom. The van der Waals surface area contributed by atoms with E-state index in [1.165, 1.54) is 0 Å². The number of nitrogens with one attached hydrogen (secondary N) is 2. The Morgan fingerprint density at radius 2 is 1.79 bits per heavy atom. The first-order chi connectivity index (χ1) is 13.9. The summed E-state index contributed by atoms with van der Waals surface area (Å²) in [5, 5.41) is 24.1. The maximum atomic E-state index is 10.7. The highest BCUT2D eigenvalue weighted by Gasteiger charge is 2.07. The minimum Gasteiger partial charge on any atom is -0.478 e. The molecule has 0 radical (unpaired) electrons. The molecule has 29 heavy (non-hydrogen) atoms. The summed E-state index contributed by atoms with van der Waals surface area (Å²) in [7, 11) is 0. The van der Waals surface area contributed by atoms with Crippen LogP contribution in [0.1, 0.15) is 22.3 Å². The van der Waals surface area contributed by atoms with Gasteiger partial charge in [0.05, 0.1) is 11.6 Å². The molecular formula is C22H19N5O2. The molecule has 0 unspecified atom stereocenters. The van der Waals surface area contributed by atoms with Gasteiger partial charge in [-0.05, 0) is 79.1 Å². The Bertz CT molecular complexity index is 1090. The lowest BCUT2D eigenvalue weighted by atomic mass is 10.0. The van der Waals surface area contributed by atoms with Crippen LogP contribution in [0.15, 0.2) is 54.7 Å². The van der Waals surface area contributed by atoms with Crippen molar-refractivity contribution in [3.05, 3.63) is 77.0 Å². The summed E-state index contributed by atoms with van der Waals surface area (Å²) in [6.45, 7) is 3.90. The molecular weight excluding hydrogens is 366 g/mol. The average molecular weight is 385 g/mol. The number of anilines is 4. The molecule has 0 saturated heterocycles. The molecule has 1 aromatic heterocycles. The van der Waals surface area contributed by atoms with E-state index < -0.39 is 5.97 Å². The molecule has 0 aliphatic carbocycles. The number of hydrogen-bond donors (Lipinski definition) is 3. The maximum Gasteiger partial charge on any atom is 0.328 e. The molecule has 0 amide bonds. The number of nitriles is 1. The van der Waals surface area contributed by atoms with Gasteiger partial charge in [-0.2, -0.15) is 10.2 Å². The Hall–Kier alpha value is -4.18. The lowest BCUT2D eigenvalue weighted by Gasteiger charge is -2.14. The van der Waals surface area contributed by atoms with Crippen molar-refractivity contribution in [1.82, 2.24) is 9.97 Å². The smallest absolute Gasteiger partial charge is 0.328 e. The van der Waals surface area contributed by atoms with Crippen LogP contribution in [0.4, 0.5) is 23.1 Å². The Kier molecular flexibility index (Phi) is 5.85. The van der Waals surface area contributed by atoms with E-state index in [0.29, 0.717) is 17.3 Å². The van der Waals surface area contributed by atoms with Crippen LogP contribution in [0.3, 0.4) is 0 Å². The molecule has 144 valence electrons. The van der Waals surface area contributed by atoms with E-state index in [4.69, 9.17) is 10.4 Å². The van der Waals surface area contributed by atoms with Crippen LogP contribution < -0.4 is 10.6 Å². The van der Waals surface area contributed by atoms with Gasteiger partial charge < -0.3 is 15.7 Å².